The highest BCUT2D eigenvalue weighted by Crippen LogP contribution is 2.22. The molecule has 1 aromatic rings. The molecule has 1 aliphatic rings. The van der Waals surface area contributed by atoms with Crippen LogP contribution >= 0.6 is 0 Å². The quantitative estimate of drug-likeness (QED) is 0.653. The first-order chi connectivity index (χ1) is 13.0. The summed E-state index contributed by atoms with van der Waals surface area (Å²) in [5, 5.41) is 9.85. The molecule has 28 heavy (non-hydrogen) atoms. The number of carbonyl (C=O) groups excluding carboxylic acids is 1. The van der Waals surface area contributed by atoms with Gasteiger partial charge in [-0.3, -0.25) is 4.79 Å². The molecule has 0 aliphatic carbocycles. The van der Waals surface area contributed by atoms with E-state index in [1.807, 2.05) is 0 Å². The molecule has 1 fully saturated rings. The second-order valence-corrected chi connectivity index (χ2v) is 6.67. The number of piperidine rings is 1. The lowest BCUT2D eigenvalue weighted by Gasteiger charge is -2.36. The number of nitrogens with two attached hydrogens (primary N) is 1. The third kappa shape index (κ3) is 8.66. The maximum absolute atomic E-state index is 13.0. The second-order valence-electron chi connectivity index (χ2n) is 6.67. The van der Waals surface area contributed by atoms with Gasteiger partial charge in [-0.15, -0.1) is 0 Å². The molecule has 0 spiro atoms. The normalized spacial score (nSPS) is 20.1. The molecule has 0 radical (unpaired) electrons. The van der Waals surface area contributed by atoms with Gasteiger partial charge in [0, 0.05) is 25.2 Å². The third-order valence-electron chi connectivity index (χ3n) is 4.51. The predicted molar refractivity (Wildman–Crippen MR) is 96.1 cm³/mol. The highest BCUT2D eigenvalue weighted by molar-refractivity contribution is 5.90. The number of anilines is 1. The highest BCUT2D eigenvalue weighted by Gasteiger charge is 2.38. The first-order valence-electron chi connectivity index (χ1n) is 8.81. The number of nitrogens with one attached hydrogen (secondary N) is 1. The van der Waals surface area contributed by atoms with Gasteiger partial charge in [0.05, 0.1) is 0 Å². The minimum absolute atomic E-state index is 0.0801. The number of hydrogen-bond acceptors (Lipinski definition) is 4. The fourth-order valence-electron chi connectivity index (χ4n) is 2.78. The Balaban J connectivity index is 0.000000480. The van der Waals surface area contributed by atoms with Crippen LogP contribution in [0.4, 0.5) is 23.2 Å². The second kappa shape index (κ2) is 11.0. The Kier molecular flexibility index (Phi) is 9.33. The Morgan fingerprint density at radius 3 is 2.54 bits per heavy atom. The number of carbonyl (C=O) groups is 2. The van der Waals surface area contributed by atoms with Gasteiger partial charge in [0.25, 0.3) is 0 Å². The average Bonchev–Trinajstić information content (AvgIpc) is 2.60. The molecular weight excluding hydrogens is 382 g/mol. The van der Waals surface area contributed by atoms with Crippen LogP contribution in [0.5, 0.6) is 0 Å². The number of aliphatic carboxylic acids is 1. The molecule has 2 atom stereocenters. The van der Waals surface area contributed by atoms with Crippen molar-refractivity contribution in [3.05, 3.63) is 30.1 Å². The largest absolute Gasteiger partial charge is 0.490 e. The molecule has 0 aromatic heterocycles. The first kappa shape index (κ1) is 23.8. The first-order valence-corrected chi connectivity index (χ1v) is 8.81. The summed E-state index contributed by atoms with van der Waals surface area (Å²) in [6.45, 7) is 5.65. The Hall–Kier alpha value is -2.20. The van der Waals surface area contributed by atoms with Gasteiger partial charge in [-0.05, 0) is 49.5 Å². The number of benzene rings is 1. The summed E-state index contributed by atoms with van der Waals surface area (Å²) in [5.41, 5.74) is 6.29. The number of rotatable bonds is 5. The number of nitrogens with zero attached hydrogens (tertiary/aromatic N) is 1. The van der Waals surface area contributed by atoms with Crippen LogP contribution in [0.25, 0.3) is 0 Å². The lowest BCUT2D eigenvalue weighted by Crippen LogP contribution is -2.43. The van der Waals surface area contributed by atoms with Crippen molar-refractivity contribution in [1.82, 2.24) is 4.90 Å². The Morgan fingerprint density at radius 1 is 1.36 bits per heavy atom. The molecule has 10 heteroatoms. The Bertz CT molecular complexity index is 655. The molecule has 6 nitrogen and oxygen atoms in total. The summed E-state index contributed by atoms with van der Waals surface area (Å²) < 4.78 is 44.8. The minimum atomic E-state index is -5.08. The van der Waals surface area contributed by atoms with Crippen LogP contribution in [0.3, 0.4) is 0 Å². The van der Waals surface area contributed by atoms with Crippen molar-refractivity contribution < 1.29 is 32.3 Å². The van der Waals surface area contributed by atoms with Gasteiger partial charge in [0.15, 0.2) is 0 Å². The summed E-state index contributed by atoms with van der Waals surface area (Å²) in [6, 6.07) is 5.96. The van der Waals surface area contributed by atoms with Gasteiger partial charge < -0.3 is 21.1 Å². The van der Waals surface area contributed by atoms with Crippen LogP contribution in [0, 0.1) is 17.7 Å². The Morgan fingerprint density at radius 2 is 2.00 bits per heavy atom. The number of hydrogen-bond donors (Lipinski definition) is 3. The number of likely N-dealkylation sites (tertiary alicyclic amines) is 1. The molecule has 1 aliphatic heterocycles. The van der Waals surface area contributed by atoms with E-state index in [0.29, 0.717) is 30.5 Å². The number of halogens is 4. The van der Waals surface area contributed by atoms with E-state index >= 15 is 0 Å². The number of carboxylic acids is 1. The number of amides is 1. The third-order valence-corrected chi connectivity index (χ3v) is 4.51. The molecule has 2 unspecified atom stereocenters. The highest BCUT2D eigenvalue weighted by atomic mass is 19.4. The summed E-state index contributed by atoms with van der Waals surface area (Å²) in [5.74, 6) is -2.00. The average molecular weight is 407 g/mol. The summed E-state index contributed by atoms with van der Waals surface area (Å²) >= 11 is 0. The van der Waals surface area contributed by atoms with E-state index in [1.165, 1.54) is 12.1 Å². The van der Waals surface area contributed by atoms with Crippen LogP contribution in [0.15, 0.2) is 24.3 Å². The number of alkyl halides is 3. The van der Waals surface area contributed by atoms with E-state index < -0.39 is 12.1 Å². The monoisotopic (exact) mass is 407 g/mol. The lowest BCUT2D eigenvalue weighted by atomic mass is 9.87. The van der Waals surface area contributed by atoms with Crippen molar-refractivity contribution in [2.45, 2.75) is 25.9 Å². The summed E-state index contributed by atoms with van der Waals surface area (Å²) in [7, 11) is 0. The van der Waals surface area contributed by atoms with Gasteiger partial charge in [-0.1, -0.05) is 13.0 Å². The molecule has 1 aromatic carbocycles. The molecule has 4 N–H and O–H groups in total. The smallest absolute Gasteiger partial charge is 0.475 e. The topological polar surface area (TPSA) is 95.7 Å². The maximum Gasteiger partial charge on any atom is 0.490 e. The van der Waals surface area contributed by atoms with Crippen molar-refractivity contribution in [2.24, 2.45) is 17.6 Å². The Labute approximate surface area is 160 Å². The van der Waals surface area contributed by atoms with Gasteiger partial charge in [-0.25, -0.2) is 9.18 Å². The summed E-state index contributed by atoms with van der Waals surface area (Å²) in [4.78, 5) is 23.1. The van der Waals surface area contributed by atoms with Crippen molar-refractivity contribution >= 4 is 17.6 Å². The molecule has 1 amide bonds. The SMILES string of the molecule is CC1CCN(CCC(=O)Nc2cccc(F)c2)CC1CN.O=C(O)C(F)(F)F. The van der Waals surface area contributed by atoms with Crippen LogP contribution in [-0.4, -0.2) is 54.2 Å². The zero-order valence-electron chi connectivity index (χ0n) is 15.5. The van der Waals surface area contributed by atoms with Crippen LogP contribution in [0.2, 0.25) is 0 Å². The van der Waals surface area contributed by atoms with Gasteiger partial charge in [0.1, 0.15) is 5.82 Å². The van der Waals surface area contributed by atoms with E-state index in [2.05, 4.69) is 17.1 Å². The standard InChI is InChI=1S/C16H24FN3O.C2HF3O2/c1-12-5-7-20(11-13(12)10-18)8-6-16(21)19-15-4-2-3-14(17)9-15;3-2(4,5)1(6)7/h2-4,9,12-13H,5-8,10-11,18H2,1H3,(H,19,21);(H,6,7). The van der Waals surface area contributed by atoms with Gasteiger partial charge >= 0.3 is 12.1 Å². The zero-order valence-corrected chi connectivity index (χ0v) is 15.5. The van der Waals surface area contributed by atoms with E-state index in [-0.39, 0.29) is 11.7 Å². The molecule has 1 saturated heterocycles. The van der Waals surface area contributed by atoms with E-state index in [1.54, 1.807) is 12.1 Å². The van der Waals surface area contributed by atoms with Crippen LogP contribution in [-0.2, 0) is 9.59 Å². The molecular formula is C18H25F4N3O3. The van der Waals surface area contributed by atoms with Gasteiger partial charge in [0.2, 0.25) is 5.91 Å². The molecule has 0 saturated carbocycles. The molecule has 0 bridgehead atoms. The molecule has 2 rings (SSSR count). The van der Waals surface area contributed by atoms with Crippen LogP contribution in [0.1, 0.15) is 19.8 Å². The fourth-order valence-corrected chi connectivity index (χ4v) is 2.78. The fraction of sp³-hybridized carbons (Fsp3) is 0.556. The zero-order chi connectivity index (χ0) is 21.3. The van der Waals surface area contributed by atoms with E-state index in [9.17, 15) is 22.4 Å². The predicted octanol–water partition coefficient (Wildman–Crippen LogP) is 2.70. The minimum Gasteiger partial charge on any atom is -0.475 e. The summed E-state index contributed by atoms with van der Waals surface area (Å²) in [6.07, 6.45) is -3.53. The van der Waals surface area contributed by atoms with Gasteiger partial charge in [-0.2, -0.15) is 13.2 Å². The van der Waals surface area contributed by atoms with Crippen molar-refractivity contribution in [1.29, 1.82) is 0 Å². The van der Waals surface area contributed by atoms with Crippen molar-refractivity contribution in [3.63, 3.8) is 0 Å². The van der Waals surface area contributed by atoms with E-state index in [4.69, 9.17) is 15.6 Å². The number of carboxylic acid groups (broad SMARTS) is 1. The van der Waals surface area contributed by atoms with Crippen molar-refractivity contribution in [2.75, 3.05) is 31.5 Å². The van der Waals surface area contributed by atoms with Crippen LogP contribution < -0.4 is 11.1 Å². The lowest BCUT2D eigenvalue weighted by molar-refractivity contribution is -0.192. The maximum atomic E-state index is 13.0. The van der Waals surface area contributed by atoms with Crippen molar-refractivity contribution in [3.8, 4) is 0 Å². The van der Waals surface area contributed by atoms with E-state index in [0.717, 1.165) is 26.1 Å². The molecule has 1 heterocycles. The molecule has 158 valence electrons.